The van der Waals surface area contributed by atoms with Gasteiger partial charge < -0.3 is 4.74 Å². The minimum atomic E-state index is -1.53. The summed E-state index contributed by atoms with van der Waals surface area (Å²) in [7, 11) is -1.53. The van der Waals surface area contributed by atoms with Crippen LogP contribution in [0.3, 0.4) is 0 Å². The van der Waals surface area contributed by atoms with Crippen LogP contribution in [-0.2, 0) is 4.74 Å². The predicted octanol–water partition coefficient (Wildman–Crippen LogP) is 3.44. The molecule has 0 heterocycles. The molecule has 0 aromatic carbocycles. The molecular weight excluding hydrogens is 178 g/mol. The Morgan fingerprint density at radius 3 is 2.00 bits per heavy atom. The standard InChI is InChI=1S/C10H23NOSi/c1-9(2)12-8-11-13(6,7)10(3,4)5/h8-9H,1-7H3. The van der Waals surface area contributed by atoms with Crippen molar-refractivity contribution in [2.75, 3.05) is 0 Å². The van der Waals surface area contributed by atoms with Crippen molar-refractivity contribution in [1.82, 2.24) is 0 Å². The van der Waals surface area contributed by atoms with E-state index in [2.05, 4.69) is 38.5 Å². The van der Waals surface area contributed by atoms with Crippen LogP contribution in [-0.4, -0.2) is 20.7 Å². The predicted molar refractivity (Wildman–Crippen MR) is 61.9 cm³/mol. The first-order chi connectivity index (χ1) is 5.67. The summed E-state index contributed by atoms with van der Waals surface area (Å²) < 4.78 is 9.88. The molecule has 0 spiro atoms. The number of hydrogen-bond acceptors (Lipinski definition) is 2. The van der Waals surface area contributed by atoms with Crippen LogP contribution in [0.1, 0.15) is 34.6 Å². The molecule has 0 aliphatic rings. The van der Waals surface area contributed by atoms with E-state index in [4.69, 9.17) is 4.74 Å². The maximum atomic E-state index is 5.32. The Morgan fingerprint density at radius 2 is 1.69 bits per heavy atom. The Balaban J connectivity index is 4.25. The monoisotopic (exact) mass is 201 g/mol. The first-order valence-electron chi connectivity index (χ1n) is 4.86. The zero-order valence-corrected chi connectivity index (χ0v) is 11.0. The summed E-state index contributed by atoms with van der Waals surface area (Å²) in [6.07, 6.45) is 1.87. The summed E-state index contributed by atoms with van der Waals surface area (Å²) in [5, 5.41) is 0.295. The van der Waals surface area contributed by atoms with Gasteiger partial charge in [0.1, 0.15) is 0 Å². The first-order valence-corrected chi connectivity index (χ1v) is 7.81. The Bertz CT molecular complexity index is 180. The fourth-order valence-electron chi connectivity index (χ4n) is 0.478. The van der Waals surface area contributed by atoms with E-state index in [0.29, 0.717) is 5.04 Å². The molecule has 0 saturated carbocycles. The SMILES string of the molecule is CC(C)OC=N[Si](C)(C)C(C)(C)C. The summed E-state index contributed by atoms with van der Waals surface area (Å²) in [5.74, 6) is 0. The number of ether oxygens (including phenoxy) is 1. The lowest BCUT2D eigenvalue weighted by Crippen LogP contribution is -2.35. The third-order valence-corrected chi connectivity index (χ3v) is 6.97. The van der Waals surface area contributed by atoms with Crippen molar-refractivity contribution in [2.45, 2.75) is 58.9 Å². The maximum Gasteiger partial charge on any atom is 0.184 e. The van der Waals surface area contributed by atoms with Crippen LogP contribution in [0.15, 0.2) is 4.66 Å². The van der Waals surface area contributed by atoms with Gasteiger partial charge in [0.15, 0.2) is 14.6 Å². The van der Waals surface area contributed by atoms with E-state index >= 15 is 0 Å². The van der Waals surface area contributed by atoms with E-state index in [0.717, 1.165) is 0 Å². The van der Waals surface area contributed by atoms with Crippen LogP contribution in [0.25, 0.3) is 0 Å². The molecule has 0 unspecified atom stereocenters. The second-order valence-electron chi connectivity index (χ2n) is 5.23. The van der Waals surface area contributed by atoms with Gasteiger partial charge in [-0.15, -0.1) is 0 Å². The van der Waals surface area contributed by atoms with Crippen LogP contribution < -0.4 is 0 Å². The number of rotatable bonds is 3. The Labute approximate surface area is 83.5 Å². The van der Waals surface area contributed by atoms with Gasteiger partial charge in [-0.25, -0.2) is 0 Å². The van der Waals surface area contributed by atoms with Gasteiger partial charge in [0, 0.05) is 0 Å². The molecule has 0 aromatic rings. The Kier molecular flexibility index (Phi) is 4.16. The minimum Gasteiger partial charge on any atom is -0.482 e. The van der Waals surface area contributed by atoms with Crippen molar-refractivity contribution in [3.05, 3.63) is 0 Å². The van der Waals surface area contributed by atoms with Crippen LogP contribution in [0, 0.1) is 0 Å². The zero-order chi connectivity index (χ0) is 10.7. The normalized spacial score (nSPS) is 14.2. The summed E-state index contributed by atoms with van der Waals surface area (Å²) in [4.78, 5) is 0. The molecule has 0 bridgehead atoms. The van der Waals surface area contributed by atoms with Crippen molar-refractivity contribution in [1.29, 1.82) is 0 Å². The molecule has 0 fully saturated rings. The molecule has 0 aromatic heterocycles. The van der Waals surface area contributed by atoms with E-state index in [9.17, 15) is 0 Å². The van der Waals surface area contributed by atoms with E-state index in [1.165, 1.54) is 0 Å². The average molecular weight is 201 g/mol. The molecule has 0 amide bonds. The van der Waals surface area contributed by atoms with Crippen molar-refractivity contribution in [3.63, 3.8) is 0 Å². The van der Waals surface area contributed by atoms with E-state index < -0.39 is 8.24 Å². The molecule has 0 atom stereocenters. The van der Waals surface area contributed by atoms with E-state index in [1.807, 2.05) is 13.8 Å². The van der Waals surface area contributed by atoms with Gasteiger partial charge in [-0.2, -0.15) is 0 Å². The van der Waals surface area contributed by atoms with Crippen molar-refractivity contribution < 1.29 is 4.74 Å². The summed E-state index contributed by atoms with van der Waals surface area (Å²) in [6.45, 7) is 15.3. The van der Waals surface area contributed by atoms with Crippen molar-refractivity contribution >= 4 is 14.6 Å². The van der Waals surface area contributed by atoms with E-state index in [1.54, 1.807) is 6.40 Å². The molecule has 13 heavy (non-hydrogen) atoms. The van der Waals surface area contributed by atoms with Gasteiger partial charge in [0.2, 0.25) is 0 Å². The molecule has 3 heteroatoms. The Morgan fingerprint density at radius 1 is 1.23 bits per heavy atom. The minimum absolute atomic E-state index is 0.230. The third kappa shape index (κ3) is 4.46. The van der Waals surface area contributed by atoms with Crippen molar-refractivity contribution in [3.8, 4) is 0 Å². The van der Waals surface area contributed by atoms with E-state index in [-0.39, 0.29) is 6.10 Å². The van der Waals surface area contributed by atoms with Crippen LogP contribution in [0.2, 0.25) is 18.1 Å². The van der Waals surface area contributed by atoms with Gasteiger partial charge in [0.25, 0.3) is 0 Å². The van der Waals surface area contributed by atoms with Gasteiger partial charge in [-0.3, -0.25) is 4.66 Å². The smallest absolute Gasteiger partial charge is 0.184 e. The quantitative estimate of drug-likeness (QED) is 0.389. The molecule has 0 aliphatic carbocycles. The molecule has 0 radical (unpaired) electrons. The molecule has 0 N–H and O–H groups in total. The summed E-state index contributed by atoms with van der Waals surface area (Å²) in [6, 6.07) is 0. The highest BCUT2D eigenvalue weighted by Crippen LogP contribution is 2.36. The molecular formula is C10H23NOSi. The van der Waals surface area contributed by atoms with Crippen LogP contribution in [0.4, 0.5) is 0 Å². The average Bonchev–Trinajstić information content (AvgIpc) is 1.82. The molecule has 0 rings (SSSR count). The second-order valence-corrected chi connectivity index (χ2v) is 10.1. The molecule has 0 aliphatic heterocycles. The second kappa shape index (κ2) is 4.27. The summed E-state index contributed by atoms with van der Waals surface area (Å²) in [5.41, 5.74) is 0. The lowest BCUT2D eigenvalue weighted by Gasteiger charge is -2.32. The van der Waals surface area contributed by atoms with Crippen LogP contribution in [0.5, 0.6) is 0 Å². The lowest BCUT2D eigenvalue weighted by molar-refractivity contribution is 0.241. The van der Waals surface area contributed by atoms with Crippen molar-refractivity contribution in [2.24, 2.45) is 4.66 Å². The Hall–Kier alpha value is -0.313. The molecule has 78 valence electrons. The van der Waals surface area contributed by atoms with Gasteiger partial charge >= 0.3 is 0 Å². The fourth-order valence-corrected chi connectivity index (χ4v) is 1.19. The third-order valence-electron chi connectivity index (χ3n) is 2.54. The van der Waals surface area contributed by atoms with Crippen LogP contribution >= 0.6 is 0 Å². The maximum absolute atomic E-state index is 5.32. The summed E-state index contributed by atoms with van der Waals surface area (Å²) >= 11 is 0. The highest BCUT2D eigenvalue weighted by atomic mass is 28.3. The van der Waals surface area contributed by atoms with Gasteiger partial charge in [-0.1, -0.05) is 20.8 Å². The fraction of sp³-hybridized carbons (Fsp3) is 0.900. The molecule has 0 saturated heterocycles. The highest BCUT2D eigenvalue weighted by Gasteiger charge is 2.35. The number of hydrogen-bond donors (Lipinski definition) is 0. The topological polar surface area (TPSA) is 21.6 Å². The molecule has 2 nitrogen and oxygen atoms in total. The largest absolute Gasteiger partial charge is 0.482 e. The van der Waals surface area contributed by atoms with Gasteiger partial charge in [-0.05, 0) is 32.0 Å². The van der Waals surface area contributed by atoms with Gasteiger partial charge in [0.05, 0.1) is 6.10 Å². The highest BCUT2D eigenvalue weighted by molar-refractivity contribution is 6.79. The number of nitrogens with zero attached hydrogens (tertiary/aromatic N) is 1. The lowest BCUT2D eigenvalue weighted by atomic mass is 10.2. The zero-order valence-electron chi connectivity index (χ0n) is 10.0. The first kappa shape index (κ1) is 12.7.